The fourth-order valence-electron chi connectivity index (χ4n) is 6.86. The van der Waals surface area contributed by atoms with Crippen LogP contribution in [0.15, 0.2) is 84.9 Å². The number of ether oxygens (including phenoxy) is 4. The van der Waals surface area contributed by atoms with Crippen LogP contribution in [0.4, 0.5) is 8.78 Å². The zero-order valence-corrected chi connectivity index (χ0v) is 24.5. The summed E-state index contributed by atoms with van der Waals surface area (Å²) in [6.07, 6.45) is 4.04. The van der Waals surface area contributed by atoms with Gasteiger partial charge in [0.15, 0.2) is 5.60 Å². The molecule has 0 fully saturated rings. The van der Waals surface area contributed by atoms with Gasteiger partial charge in [-0.25, -0.2) is 8.78 Å². The van der Waals surface area contributed by atoms with Crippen LogP contribution in [0.3, 0.4) is 0 Å². The topological polar surface area (TPSA) is 36.9 Å². The summed E-state index contributed by atoms with van der Waals surface area (Å²) in [6.45, 7) is 4.25. The molecule has 6 heteroatoms. The molecule has 1 heterocycles. The Morgan fingerprint density at radius 3 is 1.93 bits per heavy atom. The summed E-state index contributed by atoms with van der Waals surface area (Å²) in [5.41, 5.74) is 4.34. The molecule has 0 amide bonds. The number of hydrogen-bond acceptors (Lipinski definition) is 4. The lowest BCUT2D eigenvalue weighted by Gasteiger charge is -2.38. The van der Waals surface area contributed by atoms with Crippen molar-refractivity contribution in [2.45, 2.75) is 24.9 Å². The van der Waals surface area contributed by atoms with Crippen LogP contribution in [0.1, 0.15) is 41.7 Å². The van der Waals surface area contributed by atoms with E-state index < -0.39 is 22.7 Å². The Kier molecular flexibility index (Phi) is 6.03. The van der Waals surface area contributed by atoms with E-state index in [0.29, 0.717) is 28.4 Å². The Labute approximate surface area is 249 Å². The minimum Gasteiger partial charge on any atom is -0.497 e. The fraction of sp³-hybridized carbons (Fsp3) is 0.189. The molecule has 1 aliphatic carbocycles. The second kappa shape index (κ2) is 9.60. The van der Waals surface area contributed by atoms with E-state index >= 15 is 8.78 Å². The van der Waals surface area contributed by atoms with E-state index in [0.717, 1.165) is 45.0 Å². The summed E-state index contributed by atoms with van der Waals surface area (Å²) in [5, 5.41) is 0.664. The van der Waals surface area contributed by atoms with Gasteiger partial charge in [0.25, 0.3) is 0 Å². The maximum atomic E-state index is 16.1. The van der Waals surface area contributed by atoms with Crippen LogP contribution in [0.5, 0.6) is 23.0 Å². The second-order valence-corrected chi connectivity index (χ2v) is 11.4. The van der Waals surface area contributed by atoms with Crippen LogP contribution >= 0.6 is 0 Å². The molecular weight excluding hydrogens is 546 g/mol. The number of benzene rings is 5. The molecule has 7 rings (SSSR count). The summed E-state index contributed by atoms with van der Waals surface area (Å²) in [5.74, 6) is 1.07. The van der Waals surface area contributed by atoms with Crippen LogP contribution in [-0.4, -0.2) is 21.3 Å². The molecule has 0 saturated carbocycles. The predicted octanol–water partition coefficient (Wildman–Crippen LogP) is 8.80. The number of fused-ring (bicyclic) bond motifs is 8. The smallest absolute Gasteiger partial charge is 0.178 e. The molecule has 0 unspecified atom stereocenters. The van der Waals surface area contributed by atoms with Gasteiger partial charge in [-0.3, -0.25) is 0 Å². The molecule has 0 aromatic heterocycles. The molecular formula is C37H30F2O4. The quantitative estimate of drug-likeness (QED) is 0.210. The lowest BCUT2D eigenvalue weighted by atomic mass is 9.76. The highest BCUT2D eigenvalue weighted by atomic mass is 19.1. The molecule has 0 saturated heterocycles. The van der Waals surface area contributed by atoms with Crippen LogP contribution in [0.25, 0.3) is 28.0 Å². The van der Waals surface area contributed by atoms with Crippen LogP contribution in [-0.2, 0) is 11.0 Å². The summed E-state index contributed by atoms with van der Waals surface area (Å²) < 4.78 is 54.8. The van der Waals surface area contributed by atoms with Gasteiger partial charge in [0, 0.05) is 33.7 Å². The Hall–Kier alpha value is -4.84. The first-order valence-electron chi connectivity index (χ1n) is 14.1. The SMILES string of the molecule is COc1ccc(C2(c3ccc(OC)cc3)C=Cc3c4c(c5cc(F)cc(F)c5c3O2)-c2c(OC)cccc2C4(C)C)cc1. The highest BCUT2D eigenvalue weighted by Gasteiger charge is 2.45. The van der Waals surface area contributed by atoms with Crippen molar-refractivity contribution in [3.8, 4) is 34.1 Å². The van der Waals surface area contributed by atoms with E-state index in [1.54, 1.807) is 21.3 Å². The number of halogens is 2. The van der Waals surface area contributed by atoms with E-state index in [9.17, 15) is 0 Å². The largest absolute Gasteiger partial charge is 0.497 e. The molecule has 0 bridgehead atoms. The van der Waals surface area contributed by atoms with Gasteiger partial charge in [0.2, 0.25) is 0 Å². The van der Waals surface area contributed by atoms with Crippen molar-refractivity contribution in [1.82, 2.24) is 0 Å². The average Bonchev–Trinajstić information content (AvgIpc) is 3.27. The molecule has 216 valence electrons. The fourth-order valence-corrected chi connectivity index (χ4v) is 6.86. The molecule has 43 heavy (non-hydrogen) atoms. The molecule has 5 aromatic rings. The van der Waals surface area contributed by atoms with Gasteiger partial charge >= 0.3 is 0 Å². The third-order valence-electron chi connectivity index (χ3n) is 8.90. The zero-order valence-electron chi connectivity index (χ0n) is 24.5. The lowest BCUT2D eigenvalue weighted by molar-refractivity contribution is 0.162. The Morgan fingerprint density at radius 2 is 1.35 bits per heavy atom. The molecule has 0 N–H and O–H groups in total. The van der Waals surface area contributed by atoms with Crippen molar-refractivity contribution in [2.24, 2.45) is 0 Å². The lowest BCUT2D eigenvalue weighted by Crippen LogP contribution is -2.35. The van der Waals surface area contributed by atoms with E-state index in [1.807, 2.05) is 72.8 Å². The van der Waals surface area contributed by atoms with Crippen molar-refractivity contribution < 1.29 is 27.7 Å². The Morgan fingerprint density at radius 1 is 0.721 bits per heavy atom. The third kappa shape index (κ3) is 3.79. The van der Waals surface area contributed by atoms with Crippen molar-refractivity contribution in [3.05, 3.63) is 124 Å². The molecule has 0 atom stereocenters. The van der Waals surface area contributed by atoms with Crippen molar-refractivity contribution in [3.63, 3.8) is 0 Å². The predicted molar refractivity (Wildman–Crippen MR) is 164 cm³/mol. The van der Waals surface area contributed by atoms with Crippen LogP contribution in [0, 0.1) is 11.6 Å². The first kappa shape index (κ1) is 27.0. The highest BCUT2D eigenvalue weighted by Crippen LogP contribution is 2.60. The van der Waals surface area contributed by atoms with Crippen LogP contribution in [0.2, 0.25) is 0 Å². The van der Waals surface area contributed by atoms with Crippen LogP contribution < -0.4 is 18.9 Å². The van der Waals surface area contributed by atoms with Crippen molar-refractivity contribution in [2.75, 3.05) is 21.3 Å². The van der Waals surface area contributed by atoms with E-state index in [-0.39, 0.29) is 5.39 Å². The standard InChI is InChI=1S/C37H30F2O4/c1-36(2)28-7-6-8-30(42-5)33(28)32-27-19-23(38)20-29(39)31(27)35-26(34(32)36)17-18-37(43-35,21-9-13-24(40-3)14-10-21)22-11-15-25(41-4)16-12-22/h6-20H,1-5H3. The van der Waals surface area contributed by atoms with Gasteiger partial charge in [0.1, 0.15) is 34.6 Å². The Balaban J connectivity index is 1.58. The molecule has 0 radical (unpaired) electrons. The second-order valence-electron chi connectivity index (χ2n) is 11.4. The van der Waals surface area contributed by atoms with E-state index in [2.05, 4.69) is 19.9 Å². The molecule has 0 spiro atoms. The number of rotatable bonds is 5. The van der Waals surface area contributed by atoms with E-state index in [1.165, 1.54) is 6.07 Å². The Bertz CT molecular complexity index is 1890. The van der Waals surface area contributed by atoms with Gasteiger partial charge in [-0.1, -0.05) is 56.3 Å². The monoisotopic (exact) mass is 576 g/mol. The van der Waals surface area contributed by atoms with E-state index in [4.69, 9.17) is 18.9 Å². The van der Waals surface area contributed by atoms with Gasteiger partial charge in [-0.05, 0) is 64.6 Å². The van der Waals surface area contributed by atoms with Gasteiger partial charge in [0.05, 0.1) is 26.7 Å². The summed E-state index contributed by atoms with van der Waals surface area (Å²) >= 11 is 0. The van der Waals surface area contributed by atoms with Crippen molar-refractivity contribution in [1.29, 1.82) is 0 Å². The maximum Gasteiger partial charge on any atom is 0.178 e. The molecule has 5 aromatic carbocycles. The minimum absolute atomic E-state index is 0.223. The van der Waals surface area contributed by atoms with Crippen molar-refractivity contribution >= 4 is 16.8 Å². The first-order chi connectivity index (χ1) is 20.7. The maximum absolute atomic E-state index is 16.1. The molecule has 2 aliphatic rings. The molecule has 4 nitrogen and oxygen atoms in total. The zero-order chi connectivity index (χ0) is 30.1. The number of hydrogen-bond donors (Lipinski definition) is 0. The number of methoxy groups -OCH3 is 3. The normalized spacial score (nSPS) is 15.3. The average molecular weight is 577 g/mol. The highest BCUT2D eigenvalue weighted by molar-refractivity contribution is 6.09. The summed E-state index contributed by atoms with van der Waals surface area (Å²) in [7, 11) is 4.85. The van der Waals surface area contributed by atoms with Gasteiger partial charge in [-0.2, -0.15) is 0 Å². The molecule has 1 aliphatic heterocycles. The summed E-state index contributed by atoms with van der Waals surface area (Å²) in [4.78, 5) is 0. The third-order valence-corrected chi connectivity index (χ3v) is 8.90. The first-order valence-corrected chi connectivity index (χ1v) is 14.1. The minimum atomic E-state index is -1.12. The van der Waals surface area contributed by atoms with Gasteiger partial charge in [-0.15, -0.1) is 0 Å². The summed E-state index contributed by atoms with van der Waals surface area (Å²) in [6, 6.07) is 23.5. The van der Waals surface area contributed by atoms with Gasteiger partial charge < -0.3 is 18.9 Å².